The molecule has 4 nitrogen and oxygen atoms in total. The fourth-order valence-electron chi connectivity index (χ4n) is 2.82. The van der Waals surface area contributed by atoms with E-state index in [9.17, 15) is 5.11 Å². The molecule has 0 aromatic heterocycles. The first-order chi connectivity index (χ1) is 12.0. The lowest BCUT2D eigenvalue weighted by molar-refractivity contribution is 0.175. The van der Waals surface area contributed by atoms with Gasteiger partial charge in [0.05, 0.1) is 6.10 Å². The molecule has 0 aliphatic heterocycles. The van der Waals surface area contributed by atoms with Crippen LogP contribution in [-0.2, 0) is 0 Å². The second kappa shape index (κ2) is 9.23. The van der Waals surface area contributed by atoms with Crippen molar-refractivity contribution in [2.24, 2.45) is 10.7 Å². The number of anilines is 1. The smallest absolute Gasteiger partial charge is 0.193 e. The monoisotopic (exact) mass is 339 g/mol. The number of hydrogen-bond donors (Lipinski definition) is 3. The summed E-state index contributed by atoms with van der Waals surface area (Å²) in [7, 11) is 0. The quantitative estimate of drug-likeness (QED) is 0.525. The van der Waals surface area contributed by atoms with Crippen molar-refractivity contribution in [2.45, 2.75) is 45.1 Å². The number of benzene rings is 2. The summed E-state index contributed by atoms with van der Waals surface area (Å²) in [6.07, 6.45) is 0.279. The maximum absolute atomic E-state index is 9.77. The summed E-state index contributed by atoms with van der Waals surface area (Å²) in [5.41, 5.74) is 9.44. The summed E-state index contributed by atoms with van der Waals surface area (Å²) in [5, 5.41) is 12.9. The topological polar surface area (TPSA) is 70.6 Å². The van der Waals surface area contributed by atoms with Gasteiger partial charge in [0.25, 0.3) is 0 Å². The molecule has 2 aromatic rings. The molecule has 2 atom stereocenters. The summed E-state index contributed by atoms with van der Waals surface area (Å²) >= 11 is 0. The van der Waals surface area contributed by atoms with Gasteiger partial charge in [-0.25, -0.2) is 0 Å². The van der Waals surface area contributed by atoms with Crippen LogP contribution in [0.2, 0.25) is 0 Å². The van der Waals surface area contributed by atoms with Crippen molar-refractivity contribution in [1.82, 2.24) is 0 Å². The minimum atomic E-state index is -0.377. The molecule has 0 radical (unpaired) electrons. The Balaban J connectivity index is 2.05. The van der Waals surface area contributed by atoms with Gasteiger partial charge in [-0.2, -0.15) is 0 Å². The zero-order valence-corrected chi connectivity index (χ0v) is 15.3. The fourth-order valence-corrected chi connectivity index (χ4v) is 2.82. The molecule has 0 saturated heterocycles. The lowest BCUT2D eigenvalue weighted by Crippen LogP contribution is -2.24. The summed E-state index contributed by atoms with van der Waals surface area (Å²) in [4.78, 5) is 4.50. The van der Waals surface area contributed by atoms with Gasteiger partial charge in [0.2, 0.25) is 0 Å². The Kier molecular flexibility index (Phi) is 7.02. The maximum atomic E-state index is 9.77. The average molecular weight is 339 g/mol. The van der Waals surface area contributed by atoms with Gasteiger partial charge in [0.1, 0.15) is 0 Å². The van der Waals surface area contributed by atoms with Crippen molar-refractivity contribution in [3.63, 3.8) is 0 Å². The normalized spacial score (nSPS) is 14.4. The Morgan fingerprint density at radius 1 is 1.04 bits per heavy atom. The number of aliphatic hydroxyl groups excluding tert-OH is 1. The highest BCUT2D eigenvalue weighted by molar-refractivity contribution is 5.92. The van der Waals surface area contributed by atoms with E-state index >= 15 is 0 Å². The number of hydrogen-bond acceptors (Lipinski definition) is 2. The van der Waals surface area contributed by atoms with Crippen LogP contribution in [0.5, 0.6) is 0 Å². The van der Waals surface area contributed by atoms with Crippen LogP contribution in [0, 0.1) is 0 Å². The molecule has 0 amide bonds. The Labute approximate surface area is 150 Å². The average Bonchev–Trinajstić information content (AvgIpc) is 2.59. The Hall–Kier alpha value is -2.33. The Bertz CT molecular complexity index is 681. The van der Waals surface area contributed by atoms with Gasteiger partial charge >= 0.3 is 0 Å². The van der Waals surface area contributed by atoms with Crippen molar-refractivity contribution >= 4 is 11.6 Å². The molecule has 134 valence electrons. The summed E-state index contributed by atoms with van der Waals surface area (Å²) < 4.78 is 0. The number of nitrogens with zero attached hydrogens (tertiary/aromatic N) is 1. The molecular formula is C21H29N3O. The van der Waals surface area contributed by atoms with Gasteiger partial charge in [0.15, 0.2) is 5.96 Å². The molecule has 0 heterocycles. The number of nitrogens with two attached hydrogens (primary N) is 1. The largest absolute Gasteiger partial charge is 0.393 e. The number of guanidine groups is 1. The van der Waals surface area contributed by atoms with Gasteiger partial charge in [0, 0.05) is 18.2 Å². The van der Waals surface area contributed by atoms with E-state index in [0.717, 1.165) is 5.69 Å². The first-order valence-corrected chi connectivity index (χ1v) is 8.85. The summed E-state index contributed by atoms with van der Waals surface area (Å²) in [5.74, 6) is 1.00. The number of aliphatic imine (C=N–C) groups is 1. The SMILES string of the molecule is CC(O)CC(CN=C(N)Nc1cccc(C(C)C)c1)c1ccccc1. The molecule has 0 bridgehead atoms. The lowest BCUT2D eigenvalue weighted by atomic mass is 9.93. The van der Waals surface area contributed by atoms with E-state index in [1.807, 2.05) is 30.3 Å². The van der Waals surface area contributed by atoms with E-state index in [0.29, 0.717) is 24.8 Å². The molecule has 2 aromatic carbocycles. The van der Waals surface area contributed by atoms with Crippen LogP contribution in [0.15, 0.2) is 59.6 Å². The van der Waals surface area contributed by atoms with E-state index in [1.165, 1.54) is 11.1 Å². The Morgan fingerprint density at radius 3 is 2.36 bits per heavy atom. The minimum Gasteiger partial charge on any atom is -0.393 e. The standard InChI is InChI=1S/C21H29N3O/c1-15(2)18-10-7-11-20(13-18)24-21(22)23-14-19(12-16(3)25)17-8-5-4-6-9-17/h4-11,13,15-16,19,25H,12,14H2,1-3H3,(H3,22,23,24). The summed E-state index contributed by atoms with van der Waals surface area (Å²) in [6, 6.07) is 18.3. The molecule has 0 aliphatic carbocycles. The van der Waals surface area contributed by atoms with E-state index in [2.05, 4.69) is 48.4 Å². The molecular weight excluding hydrogens is 310 g/mol. The lowest BCUT2D eigenvalue weighted by Gasteiger charge is -2.17. The van der Waals surface area contributed by atoms with Crippen LogP contribution < -0.4 is 11.1 Å². The van der Waals surface area contributed by atoms with E-state index in [1.54, 1.807) is 6.92 Å². The third-order valence-corrected chi connectivity index (χ3v) is 4.20. The van der Waals surface area contributed by atoms with Crippen LogP contribution in [0.3, 0.4) is 0 Å². The van der Waals surface area contributed by atoms with Crippen molar-refractivity contribution in [1.29, 1.82) is 0 Å². The van der Waals surface area contributed by atoms with Crippen molar-refractivity contribution < 1.29 is 5.11 Å². The molecule has 25 heavy (non-hydrogen) atoms. The van der Waals surface area contributed by atoms with Gasteiger partial charge in [-0.1, -0.05) is 56.3 Å². The van der Waals surface area contributed by atoms with Gasteiger partial charge < -0.3 is 16.2 Å². The third-order valence-electron chi connectivity index (χ3n) is 4.20. The van der Waals surface area contributed by atoms with E-state index < -0.39 is 0 Å². The van der Waals surface area contributed by atoms with Gasteiger partial charge in [-0.15, -0.1) is 0 Å². The fraction of sp³-hybridized carbons (Fsp3) is 0.381. The highest BCUT2D eigenvalue weighted by Gasteiger charge is 2.14. The van der Waals surface area contributed by atoms with Crippen molar-refractivity contribution in [3.8, 4) is 0 Å². The van der Waals surface area contributed by atoms with E-state index in [4.69, 9.17) is 5.73 Å². The number of rotatable bonds is 7. The van der Waals surface area contributed by atoms with Crippen LogP contribution in [0.1, 0.15) is 50.2 Å². The number of aliphatic hydroxyl groups is 1. The van der Waals surface area contributed by atoms with Crippen LogP contribution in [-0.4, -0.2) is 23.7 Å². The van der Waals surface area contributed by atoms with Crippen molar-refractivity contribution in [2.75, 3.05) is 11.9 Å². The predicted octanol–water partition coefficient (Wildman–Crippen LogP) is 4.09. The highest BCUT2D eigenvalue weighted by Crippen LogP contribution is 2.22. The van der Waals surface area contributed by atoms with Gasteiger partial charge in [-0.3, -0.25) is 4.99 Å². The van der Waals surface area contributed by atoms with Crippen LogP contribution >= 0.6 is 0 Å². The maximum Gasteiger partial charge on any atom is 0.193 e. The van der Waals surface area contributed by atoms with E-state index in [-0.39, 0.29) is 12.0 Å². The van der Waals surface area contributed by atoms with Crippen LogP contribution in [0.4, 0.5) is 5.69 Å². The molecule has 0 saturated carbocycles. The zero-order valence-electron chi connectivity index (χ0n) is 15.3. The molecule has 0 aliphatic rings. The number of nitrogens with one attached hydrogen (secondary N) is 1. The second-order valence-electron chi connectivity index (χ2n) is 6.82. The van der Waals surface area contributed by atoms with Gasteiger partial charge in [-0.05, 0) is 42.5 Å². The minimum absolute atomic E-state index is 0.142. The summed E-state index contributed by atoms with van der Waals surface area (Å²) in [6.45, 7) is 6.67. The second-order valence-corrected chi connectivity index (χ2v) is 6.82. The molecule has 0 spiro atoms. The zero-order chi connectivity index (χ0) is 18.2. The molecule has 0 fully saturated rings. The predicted molar refractivity (Wildman–Crippen MR) is 106 cm³/mol. The molecule has 2 rings (SSSR count). The van der Waals surface area contributed by atoms with Crippen molar-refractivity contribution in [3.05, 3.63) is 65.7 Å². The molecule has 4 N–H and O–H groups in total. The first-order valence-electron chi connectivity index (χ1n) is 8.85. The van der Waals surface area contributed by atoms with Crippen LogP contribution in [0.25, 0.3) is 0 Å². The molecule has 4 heteroatoms. The molecule has 2 unspecified atom stereocenters. The Morgan fingerprint density at radius 2 is 1.72 bits per heavy atom. The highest BCUT2D eigenvalue weighted by atomic mass is 16.3. The first kappa shape index (κ1) is 19.0. The third kappa shape index (κ3) is 6.24.